The standard InChI is InChI=1S/C17H29N3OS/c1-6-13-11-20(12(2)21)8-7-15(13)18-9-14-10-19-16(22-14)17(3,4)5/h10,13,15,18H,6-9,11H2,1-5H3/t13-,15-/m0/s1. The van der Waals surface area contributed by atoms with Crippen molar-refractivity contribution in [3.8, 4) is 0 Å². The van der Waals surface area contributed by atoms with E-state index in [2.05, 4.69) is 38.0 Å². The van der Waals surface area contributed by atoms with Crippen molar-refractivity contribution in [2.24, 2.45) is 5.92 Å². The SMILES string of the molecule is CC[C@H]1CN(C(C)=O)CC[C@@H]1NCc1cnc(C(C)(C)C)s1. The molecule has 0 spiro atoms. The number of thiazole rings is 1. The number of rotatable bonds is 4. The number of nitrogens with zero attached hydrogens (tertiary/aromatic N) is 2. The number of nitrogens with one attached hydrogen (secondary N) is 1. The van der Waals surface area contributed by atoms with Gasteiger partial charge in [-0.3, -0.25) is 4.79 Å². The minimum atomic E-state index is 0.127. The lowest BCUT2D eigenvalue weighted by atomic mass is 9.90. The predicted molar refractivity (Wildman–Crippen MR) is 92.1 cm³/mol. The van der Waals surface area contributed by atoms with Gasteiger partial charge in [-0.25, -0.2) is 4.98 Å². The monoisotopic (exact) mass is 323 g/mol. The van der Waals surface area contributed by atoms with E-state index >= 15 is 0 Å². The summed E-state index contributed by atoms with van der Waals surface area (Å²) in [6, 6.07) is 0.501. The zero-order valence-electron chi connectivity index (χ0n) is 14.5. The maximum atomic E-state index is 11.5. The highest BCUT2D eigenvalue weighted by Crippen LogP contribution is 2.27. The molecule has 4 nitrogen and oxygen atoms in total. The van der Waals surface area contributed by atoms with Crippen LogP contribution < -0.4 is 5.32 Å². The summed E-state index contributed by atoms with van der Waals surface area (Å²) >= 11 is 1.80. The average molecular weight is 324 g/mol. The molecule has 1 amide bonds. The van der Waals surface area contributed by atoms with E-state index in [1.165, 1.54) is 9.88 Å². The summed E-state index contributed by atoms with van der Waals surface area (Å²) in [6.45, 7) is 13.1. The zero-order chi connectivity index (χ0) is 16.3. The summed E-state index contributed by atoms with van der Waals surface area (Å²) in [4.78, 5) is 19.4. The van der Waals surface area contributed by atoms with E-state index in [1.807, 2.05) is 11.1 Å². The van der Waals surface area contributed by atoms with Crippen molar-refractivity contribution < 1.29 is 4.79 Å². The van der Waals surface area contributed by atoms with Crippen LogP contribution in [0.1, 0.15) is 57.3 Å². The molecule has 22 heavy (non-hydrogen) atoms. The van der Waals surface area contributed by atoms with Gasteiger partial charge in [0.1, 0.15) is 0 Å². The number of amides is 1. The van der Waals surface area contributed by atoms with Gasteiger partial charge in [0.05, 0.1) is 5.01 Å². The molecule has 0 radical (unpaired) electrons. The molecule has 124 valence electrons. The fourth-order valence-electron chi connectivity index (χ4n) is 2.97. The maximum Gasteiger partial charge on any atom is 0.219 e. The fraction of sp³-hybridized carbons (Fsp3) is 0.765. The highest BCUT2D eigenvalue weighted by atomic mass is 32.1. The van der Waals surface area contributed by atoms with Crippen molar-refractivity contribution in [3.05, 3.63) is 16.1 Å². The Morgan fingerprint density at radius 1 is 1.50 bits per heavy atom. The lowest BCUT2D eigenvalue weighted by molar-refractivity contribution is -0.131. The fourth-order valence-corrected chi connectivity index (χ4v) is 3.89. The molecule has 0 bridgehead atoms. The molecule has 1 fully saturated rings. The van der Waals surface area contributed by atoms with Crippen LogP contribution in [-0.4, -0.2) is 34.9 Å². The van der Waals surface area contributed by atoms with Crippen LogP contribution >= 0.6 is 11.3 Å². The van der Waals surface area contributed by atoms with Crippen LogP contribution in [0.25, 0.3) is 0 Å². The van der Waals surface area contributed by atoms with Crippen LogP contribution in [0.4, 0.5) is 0 Å². The number of hydrogen-bond acceptors (Lipinski definition) is 4. The molecule has 1 N–H and O–H groups in total. The van der Waals surface area contributed by atoms with Gasteiger partial charge in [-0.1, -0.05) is 34.1 Å². The number of aromatic nitrogens is 1. The molecule has 1 saturated heterocycles. The van der Waals surface area contributed by atoms with Gasteiger partial charge in [-0.15, -0.1) is 11.3 Å². The minimum Gasteiger partial charge on any atom is -0.343 e. The Morgan fingerprint density at radius 2 is 2.23 bits per heavy atom. The van der Waals surface area contributed by atoms with E-state index in [9.17, 15) is 4.79 Å². The molecule has 5 heteroatoms. The van der Waals surface area contributed by atoms with Gasteiger partial charge in [0.25, 0.3) is 0 Å². The molecule has 2 heterocycles. The van der Waals surface area contributed by atoms with Gasteiger partial charge in [0, 0.05) is 49.1 Å². The number of likely N-dealkylation sites (tertiary alicyclic amines) is 1. The molecular formula is C17H29N3OS. The van der Waals surface area contributed by atoms with E-state index in [0.717, 1.165) is 32.5 Å². The van der Waals surface area contributed by atoms with Crippen LogP contribution in [0.2, 0.25) is 0 Å². The Hall–Kier alpha value is -0.940. The molecule has 1 aliphatic rings. The third-order valence-corrected chi connectivity index (χ3v) is 5.86. The predicted octanol–water partition coefficient (Wildman–Crippen LogP) is 3.18. The minimum absolute atomic E-state index is 0.127. The number of hydrogen-bond donors (Lipinski definition) is 1. The van der Waals surface area contributed by atoms with Gasteiger partial charge < -0.3 is 10.2 Å². The third kappa shape index (κ3) is 4.29. The first kappa shape index (κ1) is 17.4. The Bertz CT molecular complexity index is 506. The van der Waals surface area contributed by atoms with Gasteiger partial charge >= 0.3 is 0 Å². The van der Waals surface area contributed by atoms with Gasteiger partial charge in [0.2, 0.25) is 5.91 Å². The van der Waals surface area contributed by atoms with E-state index in [0.29, 0.717) is 12.0 Å². The first-order valence-corrected chi connectivity index (χ1v) is 9.07. The molecule has 0 unspecified atom stereocenters. The van der Waals surface area contributed by atoms with Crippen LogP contribution in [0.3, 0.4) is 0 Å². The Labute approximate surface area is 138 Å². The summed E-state index contributed by atoms with van der Waals surface area (Å²) in [5.41, 5.74) is 0.127. The highest BCUT2D eigenvalue weighted by molar-refractivity contribution is 7.11. The van der Waals surface area contributed by atoms with Crippen molar-refractivity contribution in [1.29, 1.82) is 0 Å². The molecule has 2 rings (SSSR count). The van der Waals surface area contributed by atoms with Crippen molar-refractivity contribution in [3.63, 3.8) is 0 Å². The number of piperidine rings is 1. The summed E-state index contributed by atoms with van der Waals surface area (Å²) in [6.07, 6.45) is 4.16. The first-order chi connectivity index (χ1) is 10.3. The smallest absolute Gasteiger partial charge is 0.219 e. The van der Waals surface area contributed by atoms with Crippen molar-refractivity contribution >= 4 is 17.2 Å². The topological polar surface area (TPSA) is 45.2 Å². The second kappa shape index (κ2) is 7.09. The Kier molecular flexibility index (Phi) is 5.61. The second-order valence-corrected chi connectivity index (χ2v) is 8.41. The van der Waals surface area contributed by atoms with Crippen LogP contribution in [0, 0.1) is 5.92 Å². The lowest BCUT2D eigenvalue weighted by Crippen LogP contribution is -2.50. The van der Waals surface area contributed by atoms with Crippen molar-refractivity contribution in [2.45, 2.75) is 65.5 Å². The Balaban J connectivity index is 1.91. The van der Waals surface area contributed by atoms with Crippen molar-refractivity contribution in [2.75, 3.05) is 13.1 Å². The summed E-state index contributed by atoms with van der Waals surface area (Å²) < 4.78 is 0. The summed E-state index contributed by atoms with van der Waals surface area (Å²) in [5, 5.41) is 4.89. The second-order valence-electron chi connectivity index (χ2n) is 7.29. The number of carbonyl (C=O) groups is 1. The van der Waals surface area contributed by atoms with Gasteiger partial charge in [-0.05, 0) is 12.3 Å². The third-order valence-electron chi connectivity index (χ3n) is 4.44. The van der Waals surface area contributed by atoms with E-state index in [-0.39, 0.29) is 11.3 Å². The normalized spacial score (nSPS) is 22.9. The van der Waals surface area contributed by atoms with Crippen LogP contribution in [-0.2, 0) is 16.8 Å². The van der Waals surface area contributed by atoms with E-state index in [4.69, 9.17) is 0 Å². The van der Waals surface area contributed by atoms with E-state index in [1.54, 1.807) is 18.3 Å². The molecule has 0 aromatic carbocycles. The molecule has 0 saturated carbocycles. The molecule has 1 aromatic heterocycles. The van der Waals surface area contributed by atoms with Crippen molar-refractivity contribution in [1.82, 2.24) is 15.2 Å². The van der Waals surface area contributed by atoms with Gasteiger partial charge in [0.15, 0.2) is 0 Å². The zero-order valence-corrected chi connectivity index (χ0v) is 15.3. The van der Waals surface area contributed by atoms with Crippen LogP contribution in [0.15, 0.2) is 6.20 Å². The highest BCUT2D eigenvalue weighted by Gasteiger charge is 2.29. The maximum absolute atomic E-state index is 11.5. The Morgan fingerprint density at radius 3 is 2.77 bits per heavy atom. The number of carbonyl (C=O) groups excluding carboxylic acids is 1. The quantitative estimate of drug-likeness (QED) is 0.925. The molecule has 1 aliphatic heterocycles. The molecule has 2 atom stereocenters. The molecule has 1 aromatic rings. The summed E-state index contributed by atoms with van der Waals surface area (Å²) in [7, 11) is 0. The molecular weight excluding hydrogens is 294 g/mol. The molecule has 0 aliphatic carbocycles. The summed E-state index contributed by atoms with van der Waals surface area (Å²) in [5.74, 6) is 0.752. The van der Waals surface area contributed by atoms with Crippen LogP contribution in [0.5, 0.6) is 0 Å². The lowest BCUT2D eigenvalue weighted by Gasteiger charge is -2.38. The largest absolute Gasteiger partial charge is 0.343 e. The van der Waals surface area contributed by atoms with Gasteiger partial charge in [-0.2, -0.15) is 0 Å². The van der Waals surface area contributed by atoms with E-state index < -0.39 is 0 Å². The first-order valence-electron chi connectivity index (χ1n) is 8.25. The average Bonchev–Trinajstić information content (AvgIpc) is 2.93.